The van der Waals surface area contributed by atoms with Crippen LogP contribution in [0.1, 0.15) is 19.4 Å². The number of halogens is 1. The molecular formula is C14H16BrN3O2. The number of benzene rings is 1. The van der Waals surface area contributed by atoms with Crippen LogP contribution in [0.5, 0.6) is 5.75 Å². The minimum atomic E-state index is -0.593. The van der Waals surface area contributed by atoms with E-state index in [1.807, 2.05) is 31.2 Å². The lowest BCUT2D eigenvalue weighted by Gasteiger charge is -2.14. The molecule has 2 N–H and O–H groups in total. The van der Waals surface area contributed by atoms with Crippen molar-refractivity contribution in [1.82, 2.24) is 10.2 Å². The molecule has 2 rings (SSSR count). The summed E-state index contributed by atoms with van der Waals surface area (Å²) in [7, 11) is 0. The van der Waals surface area contributed by atoms with E-state index in [4.69, 9.17) is 4.74 Å². The normalized spacial score (nSPS) is 11.9. The van der Waals surface area contributed by atoms with Gasteiger partial charge in [0.05, 0.1) is 6.20 Å². The van der Waals surface area contributed by atoms with E-state index in [-0.39, 0.29) is 5.91 Å². The average Bonchev–Trinajstić information content (AvgIpc) is 2.88. The van der Waals surface area contributed by atoms with Gasteiger partial charge in [0.2, 0.25) is 0 Å². The van der Waals surface area contributed by atoms with E-state index in [0.29, 0.717) is 11.6 Å². The maximum Gasteiger partial charge on any atom is 0.266 e. The molecular weight excluding hydrogens is 322 g/mol. The largest absolute Gasteiger partial charge is 0.481 e. The lowest BCUT2D eigenvalue weighted by molar-refractivity contribution is -0.122. The summed E-state index contributed by atoms with van der Waals surface area (Å²) in [5.41, 5.74) is 0.967. The van der Waals surface area contributed by atoms with Gasteiger partial charge in [-0.05, 0) is 37.6 Å². The summed E-state index contributed by atoms with van der Waals surface area (Å²) < 4.78 is 6.55. The Morgan fingerprint density at radius 3 is 2.80 bits per heavy atom. The Balaban J connectivity index is 1.97. The van der Waals surface area contributed by atoms with Crippen LogP contribution in [0.3, 0.4) is 0 Å². The van der Waals surface area contributed by atoms with Crippen LogP contribution in [-0.2, 0) is 11.2 Å². The van der Waals surface area contributed by atoms with E-state index in [1.54, 1.807) is 13.1 Å². The van der Waals surface area contributed by atoms with Gasteiger partial charge in [0, 0.05) is 10.0 Å². The summed E-state index contributed by atoms with van der Waals surface area (Å²) in [6, 6.07) is 7.34. The van der Waals surface area contributed by atoms with E-state index >= 15 is 0 Å². The first-order chi connectivity index (χ1) is 9.60. The van der Waals surface area contributed by atoms with Crippen molar-refractivity contribution in [1.29, 1.82) is 0 Å². The number of nitrogens with one attached hydrogen (secondary N) is 2. The summed E-state index contributed by atoms with van der Waals surface area (Å²) in [6.45, 7) is 3.71. The Bertz CT molecular complexity index is 580. The van der Waals surface area contributed by atoms with Crippen LogP contribution in [0.2, 0.25) is 0 Å². The van der Waals surface area contributed by atoms with Crippen molar-refractivity contribution >= 4 is 27.7 Å². The Hall–Kier alpha value is -1.82. The van der Waals surface area contributed by atoms with Gasteiger partial charge < -0.3 is 10.1 Å². The highest BCUT2D eigenvalue weighted by atomic mass is 79.9. The molecule has 5 nitrogen and oxygen atoms in total. The zero-order chi connectivity index (χ0) is 14.5. The molecule has 106 valence electrons. The fourth-order valence-electron chi connectivity index (χ4n) is 1.68. The minimum absolute atomic E-state index is 0.216. The van der Waals surface area contributed by atoms with Gasteiger partial charge in [-0.3, -0.25) is 9.89 Å². The standard InChI is InChI=1S/C14H16BrN3O2/c1-3-10-8-16-18-13(10)17-14(19)9(2)20-12-6-4-11(15)5-7-12/h4-9H,3H2,1-2H3,(H2,16,17,18,19). The monoisotopic (exact) mass is 337 g/mol. The van der Waals surface area contributed by atoms with Crippen molar-refractivity contribution in [2.75, 3.05) is 5.32 Å². The van der Waals surface area contributed by atoms with Crippen LogP contribution in [0, 0.1) is 0 Å². The van der Waals surface area contributed by atoms with Gasteiger partial charge in [0.1, 0.15) is 11.6 Å². The lowest BCUT2D eigenvalue weighted by atomic mass is 10.2. The number of carbonyl (C=O) groups excluding carboxylic acids is 1. The highest BCUT2D eigenvalue weighted by Gasteiger charge is 2.16. The van der Waals surface area contributed by atoms with Crippen LogP contribution in [0.4, 0.5) is 5.82 Å². The Labute approximate surface area is 125 Å². The SMILES string of the molecule is CCc1cn[nH]c1NC(=O)C(C)Oc1ccc(Br)cc1. The molecule has 1 aromatic heterocycles. The molecule has 1 atom stereocenters. The zero-order valence-corrected chi connectivity index (χ0v) is 12.9. The van der Waals surface area contributed by atoms with E-state index in [0.717, 1.165) is 16.5 Å². The summed E-state index contributed by atoms with van der Waals surface area (Å²) in [4.78, 5) is 12.1. The van der Waals surface area contributed by atoms with Gasteiger partial charge in [-0.2, -0.15) is 5.10 Å². The Kier molecular flexibility index (Phi) is 4.79. The van der Waals surface area contributed by atoms with Crippen molar-refractivity contribution in [3.8, 4) is 5.75 Å². The third kappa shape index (κ3) is 3.60. The molecule has 0 saturated carbocycles. The molecule has 0 spiro atoms. The molecule has 0 aliphatic carbocycles. The maximum atomic E-state index is 12.1. The number of aromatic nitrogens is 2. The van der Waals surface area contributed by atoms with Gasteiger partial charge in [-0.25, -0.2) is 0 Å². The number of hydrogen-bond donors (Lipinski definition) is 2. The summed E-state index contributed by atoms with van der Waals surface area (Å²) in [6.07, 6.45) is 1.91. The second-order valence-corrected chi connectivity index (χ2v) is 5.24. The number of hydrogen-bond acceptors (Lipinski definition) is 3. The van der Waals surface area contributed by atoms with Gasteiger partial charge in [0.15, 0.2) is 6.10 Å². The van der Waals surface area contributed by atoms with Crippen molar-refractivity contribution in [2.24, 2.45) is 0 Å². The number of aromatic amines is 1. The molecule has 0 radical (unpaired) electrons. The quantitative estimate of drug-likeness (QED) is 0.880. The highest BCUT2D eigenvalue weighted by Crippen LogP contribution is 2.18. The predicted octanol–water partition coefficient (Wildman–Crippen LogP) is 3.14. The molecule has 1 amide bonds. The fraction of sp³-hybridized carbons (Fsp3) is 0.286. The molecule has 0 fully saturated rings. The molecule has 1 aromatic carbocycles. The first kappa shape index (κ1) is 14.6. The van der Waals surface area contributed by atoms with E-state index in [9.17, 15) is 4.79 Å². The molecule has 20 heavy (non-hydrogen) atoms. The number of rotatable bonds is 5. The average molecular weight is 338 g/mol. The molecule has 0 aliphatic rings. The molecule has 1 unspecified atom stereocenters. The first-order valence-electron chi connectivity index (χ1n) is 6.35. The molecule has 2 aromatic rings. The summed E-state index contributed by atoms with van der Waals surface area (Å²) >= 11 is 3.35. The third-order valence-corrected chi connectivity index (χ3v) is 3.37. The molecule has 0 saturated heterocycles. The number of aryl methyl sites for hydroxylation is 1. The van der Waals surface area contributed by atoms with Crippen molar-refractivity contribution < 1.29 is 9.53 Å². The fourth-order valence-corrected chi connectivity index (χ4v) is 1.95. The van der Waals surface area contributed by atoms with Crippen LogP contribution < -0.4 is 10.1 Å². The number of carbonyl (C=O) groups is 1. The number of amides is 1. The number of ether oxygens (including phenoxy) is 1. The first-order valence-corrected chi connectivity index (χ1v) is 7.14. The maximum absolute atomic E-state index is 12.1. The second kappa shape index (κ2) is 6.56. The van der Waals surface area contributed by atoms with Crippen molar-refractivity contribution in [3.63, 3.8) is 0 Å². The molecule has 0 aliphatic heterocycles. The van der Waals surface area contributed by atoms with E-state index < -0.39 is 6.10 Å². The van der Waals surface area contributed by atoms with Gasteiger partial charge in [-0.15, -0.1) is 0 Å². The summed E-state index contributed by atoms with van der Waals surface area (Å²) in [5, 5.41) is 9.46. The summed E-state index contributed by atoms with van der Waals surface area (Å²) in [5.74, 6) is 1.06. The van der Waals surface area contributed by atoms with Crippen molar-refractivity contribution in [2.45, 2.75) is 26.4 Å². The zero-order valence-electron chi connectivity index (χ0n) is 11.3. The molecule has 0 bridgehead atoms. The van der Waals surface area contributed by atoms with Crippen LogP contribution in [-0.4, -0.2) is 22.2 Å². The van der Waals surface area contributed by atoms with Crippen LogP contribution >= 0.6 is 15.9 Å². The number of H-pyrrole nitrogens is 1. The van der Waals surface area contributed by atoms with Gasteiger partial charge >= 0.3 is 0 Å². The molecule has 1 heterocycles. The topological polar surface area (TPSA) is 67.0 Å². The number of nitrogens with zero attached hydrogens (tertiary/aromatic N) is 1. The van der Waals surface area contributed by atoms with Gasteiger partial charge in [-0.1, -0.05) is 22.9 Å². The second-order valence-electron chi connectivity index (χ2n) is 4.33. The third-order valence-electron chi connectivity index (χ3n) is 2.84. The molecule has 6 heteroatoms. The Morgan fingerprint density at radius 1 is 1.45 bits per heavy atom. The van der Waals surface area contributed by atoms with Gasteiger partial charge in [0.25, 0.3) is 5.91 Å². The Morgan fingerprint density at radius 2 is 2.15 bits per heavy atom. The van der Waals surface area contributed by atoms with E-state index in [2.05, 4.69) is 31.4 Å². The van der Waals surface area contributed by atoms with Crippen molar-refractivity contribution in [3.05, 3.63) is 40.5 Å². The van der Waals surface area contributed by atoms with Crippen LogP contribution in [0.25, 0.3) is 0 Å². The highest BCUT2D eigenvalue weighted by molar-refractivity contribution is 9.10. The number of anilines is 1. The predicted molar refractivity (Wildman–Crippen MR) is 80.8 cm³/mol. The lowest BCUT2D eigenvalue weighted by Crippen LogP contribution is -2.30. The van der Waals surface area contributed by atoms with Crippen LogP contribution in [0.15, 0.2) is 34.9 Å². The minimum Gasteiger partial charge on any atom is -0.481 e. The smallest absolute Gasteiger partial charge is 0.266 e. The van der Waals surface area contributed by atoms with E-state index in [1.165, 1.54) is 0 Å².